The summed E-state index contributed by atoms with van der Waals surface area (Å²) in [5, 5.41) is 13.4. The minimum atomic E-state index is -0.581. The average Bonchev–Trinajstić information content (AvgIpc) is 2.41. The second-order valence-corrected chi connectivity index (χ2v) is 4.00. The lowest BCUT2D eigenvalue weighted by atomic mass is 10.3. The number of anilines is 1. The first-order valence-electron chi connectivity index (χ1n) is 5.24. The molecule has 0 aliphatic carbocycles. The van der Waals surface area contributed by atoms with Gasteiger partial charge in [0.25, 0.3) is 11.6 Å². The molecule has 0 saturated carbocycles. The Bertz CT molecular complexity index is 628. The lowest BCUT2D eigenvalue weighted by Crippen LogP contribution is -2.13. The quantitative estimate of drug-likeness (QED) is 0.690. The Morgan fingerprint density at radius 1 is 1.26 bits per heavy atom. The molecule has 19 heavy (non-hydrogen) atoms. The van der Waals surface area contributed by atoms with E-state index in [0.29, 0.717) is 10.7 Å². The normalized spacial score (nSPS) is 9.95. The number of nitro groups is 1. The van der Waals surface area contributed by atoms with Gasteiger partial charge in [-0.1, -0.05) is 23.7 Å². The Morgan fingerprint density at radius 3 is 2.58 bits per heavy atom. The molecule has 0 radical (unpaired) electrons. The molecule has 0 fully saturated rings. The van der Waals surface area contributed by atoms with Gasteiger partial charge >= 0.3 is 0 Å². The minimum absolute atomic E-state index is 0.0746. The zero-order valence-electron chi connectivity index (χ0n) is 9.54. The molecule has 1 heterocycles. The van der Waals surface area contributed by atoms with Crippen LogP contribution >= 0.6 is 11.6 Å². The van der Waals surface area contributed by atoms with Crippen molar-refractivity contribution < 1.29 is 9.72 Å². The van der Waals surface area contributed by atoms with Crippen LogP contribution in [0.4, 0.5) is 11.4 Å². The number of pyridine rings is 1. The summed E-state index contributed by atoms with van der Waals surface area (Å²) in [6.45, 7) is 0. The Labute approximate surface area is 113 Å². The molecule has 0 aliphatic heterocycles. The maximum Gasteiger partial charge on any atom is 0.287 e. The van der Waals surface area contributed by atoms with E-state index in [4.69, 9.17) is 11.6 Å². The standard InChI is InChI=1S/C12H8ClN3O3/c13-9-3-1-2-4-10(9)15-12(17)11-6-5-8(7-14-11)16(18)19/h1-7H,(H,15,17). The molecular formula is C12H8ClN3O3. The Balaban J connectivity index is 2.16. The van der Waals surface area contributed by atoms with Crippen molar-refractivity contribution in [1.29, 1.82) is 0 Å². The van der Waals surface area contributed by atoms with Crippen LogP contribution in [-0.2, 0) is 0 Å². The van der Waals surface area contributed by atoms with Gasteiger partial charge in [-0.05, 0) is 18.2 Å². The van der Waals surface area contributed by atoms with Crippen LogP contribution in [0, 0.1) is 10.1 Å². The Morgan fingerprint density at radius 2 is 2.00 bits per heavy atom. The number of hydrogen-bond acceptors (Lipinski definition) is 4. The van der Waals surface area contributed by atoms with Crippen LogP contribution in [0.3, 0.4) is 0 Å². The number of benzene rings is 1. The number of para-hydroxylation sites is 1. The lowest BCUT2D eigenvalue weighted by molar-refractivity contribution is -0.385. The van der Waals surface area contributed by atoms with Crippen LogP contribution in [0.15, 0.2) is 42.6 Å². The molecule has 0 aliphatic rings. The van der Waals surface area contributed by atoms with E-state index in [2.05, 4.69) is 10.3 Å². The van der Waals surface area contributed by atoms with E-state index in [-0.39, 0.29) is 11.4 Å². The van der Waals surface area contributed by atoms with Crippen LogP contribution < -0.4 is 5.32 Å². The number of amides is 1. The monoisotopic (exact) mass is 277 g/mol. The largest absolute Gasteiger partial charge is 0.319 e. The average molecular weight is 278 g/mol. The first-order valence-corrected chi connectivity index (χ1v) is 5.62. The molecule has 1 amide bonds. The highest BCUT2D eigenvalue weighted by Gasteiger charge is 2.12. The molecule has 0 bridgehead atoms. The van der Waals surface area contributed by atoms with Crippen molar-refractivity contribution in [1.82, 2.24) is 4.98 Å². The van der Waals surface area contributed by atoms with Crippen molar-refractivity contribution in [3.05, 3.63) is 63.4 Å². The Hall–Kier alpha value is -2.47. The molecular weight excluding hydrogens is 270 g/mol. The van der Waals surface area contributed by atoms with Gasteiger partial charge in [0.1, 0.15) is 11.9 Å². The lowest BCUT2D eigenvalue weighted by Gasteiger charge is -2.05. The number of aromatic nitrogens is 1. The number of nitrogens with zero attached hydrogens (tertiary/aromatic N) is 2. The summed E-state index contributed by atoms with van der Waals surface area (Å²) in [4.78, 5) is 25.5. The van der Waals surface area contributed by atoms with E-state index in [0.717, 1.165) is 6.20 Å². The van der Waals surface area contributed by atoms with Gasteiger partial charge in [-0.3, -0.25) is 14.9 Å². The van der Waals surface area contributed by atoms with Gasteiger partial charge in [-0.25, -0.2) is 4.98 Å². The number of rotatable bonds is 3. The van der Waals surface area contributed by atoms with E-state index >= 15 is 0 Å². The van der Waals surface area contributed by atoms with Crippen LogP contribution in [-0.4, -0.2) is 15.8 Å². The number of halogens is 1. The first kappa shape index (κ1) is 13.0. The highest BCUT2D eigenvalue weighted by atomic mass is 35.5. The van der Waals surface area contributed by atoms with E-state index in [9.17, 15) is 14.9 Å². The summed E-state index contributed by atoms with van der Waals surface area (Å²) < 4.78 is 0. The molecule has 0 saturated heterocycles. The SMILES string of the molecule is O=C(Nc1ccccc1Cl)c1ccc([N+](=O)[O-])cn1. The molecule has 1 aromatic heterocycles. The number of carbonyl (C=O) groups excluding carboxylic acids is 1. The summed E-state index contributed by atoms with van der Waals surface area (Å²) in [5.41, 5.74) is 0.356. The molecule has 0 unspecified atom stereocenters. The molecule has 1 aromatic carbocycles. The highest BCUT2D eigenvalue weighted by Crippen LogP contribution is 2.21. The molecule has 6 nitrogen and oxygen atoms in total. The van der Waals surface area contributed by atoms with Gasteiger partial charge < -0.3 is 5.32 Å². The fraction of sp³-hybridized carbons (Fsp3) is 0. The highest BCUT2D eigenvalue weighted by molar-refractivity contribution is 6.33. The summed E-state index contributed by atoms with van der Waals surface area (Å²) >= 11 is 5.90. The van der Waals surface area contributed by atoms with E-state index < -0.39 is 10.8 Å². The molecule has 2 rings (SSSR count). The molecule has 0 atom stereocenters. The summed E-state index contributed by atoms with van der Waals surface area (Å²) in [5.74, 6) is -0.483. The molecule has 1 N–H and O–H groups in total. The topological polar surface area (TPSA) is 85.1 Å². The maximum atomic E-state index is 11.8. The van der Waals surface area contributed by atoms with Crippen LogP contribution in [0.5, 0.6) is 0 Å². The minimum Gasteiger partial charge on any atom is -0.319 e. The maximum absolute atomic E-state index is 11.8. The van der Waals surface area contributed by atoms with Gasteiger partial charge in [-0.15, -0.1) is 0 Å². The summed E-state index contributed by atoms with van der Waals surface area (Å²) in [6.07, 6.45) is 1.03. The summed E-state index contributed by atoms with van der Waals surface area (Å²) in [6, 6.07) is 9.25. The molecule has 7 heteroatoms. The third kappa shape index (κ3) is 3.05. The fourth-order valence-corrected chi connectivity index (χ4v) is 1.56. The molecule has 0 spiro atoms. The smallest absolute Gasteiger partial charge is 0.287 e. The molecule has 2 aromatic rings. The van der Waals surface area contributed by atoms with E-state index in [1.807, 2.05) is 0 Å². The van der Waals surface area contributed by atoms with Crippen molar-refractivity contribution in [2.75, 3.05) is 5.32 Å². The van der Waals surface area contributed by atoms with Crippen molar-refractivity contribution in [3.8, 4) is 0 Å². The number of nitrogens with one attached hydrogen (secondary N) is 1. The molecule has 96 valence electrons. The predicted molar refractivity (Wildman–Crippen MR) is 70.3 cm³/mol. The van der Waals surface area contributed by atoms with E-state index in [1.165, 1.54) is 12.1 Å². The third-order valence-corrected chi connectivity index (χ3v) is 2.64. The Kier molecular flexibility index (Phi) is 3.72. The van der Waals surface area contributed by atoms with Crippen LogP contribution in [0.2, 0.25) is 5.02 Å². The van der Waals surface area contributed by atoms with Gasteiger partial charge in [0.2, 0.25) is 0 Å². The van der Waals surface area contributed by atoms with Crippen molar-refractivity contribution in [2.24, 2.45) is 0 Å². The van der Waals surface area contributed by atoms with Crippen LogP contribution in [0.1, 0.15) is 10.5 Å². The van der Waals surface area contributed by atoms with Crippen molar-refractivity contribution >= 4 is 28.9 Å². The second kappa shape index (κ2) is 5.45. The zero-order valence-corrected chi connectivity index (χ0v) is 10.3. The fourth-order valence-electron chi connectivity index (χ4n) is 1.38. The van der Waals surface area contributed by atoms with Crippen molar-refractivity contribution in [3.63, 3.8) is 0 Å². The van der Waals surface area contributed by atoms with E-state index in [1.54, 1.807) is 24.3 Å². The number of hydrogen-bond donors (Lipinski definition) is 1. The van der Waals surface area contributed by atoms with Crippen LogP contribution in [0.25, 0.3) is 0 Å². The van der Waals surface area contributed by atoms with Gasteiger partial charge in [-0.2, -0.15) is 0 Å². The summed E-state index contributed by atoms with van der Waals surface area (Å²) in [7, 11) is 0. The second-order valence-electron chi connectivity index (χ2n) is 3.59. The van der Waals surface area contributed by atoms with Gasteiger partial charge in [0, 0.05) is 6.07 Å². The van der Waals surface area contributed by atoms with Gasteiger partial charge in [0.15, 0.2) is 0 Å². The number of carbonyl (C=O) groups is 1. The van der Waals surface area contributed by atoms with Crippen molar-refractivity contribution in [2.45, 2.75) is 0 Å². The van der Waals surface area contributed by atoms with Gasteiger partial charge in [0.05, 0.1) is 15.6 Å². The third-order valence-electron chi connectivity index (χ3n) is 2.31. The first-order chi connectivity index (χ1) is 9.08. The predicted octanol–water partition coefficient (Wildman–Crippen LogP) is 2.90. The zero-order chi connectivity index (χ0) is 13.8.